The maximum Gasteiger partial charge on any atom is 0.215 e. The second kappa shape index (κ2) is 7.02. The lowest BCUT2D eigenvalue weighted by Gasteiger charge is -2.42. The van der Waals surface area contributed by atoms with E-state index in [1.54, 1.807) is 4.31 Å². The van der Waals surface area contributed by atoms with Crippen molar-refractivity contribution in [1.82, 2.24) is 9.62 Å². The van der Waals surface area contributed by atoms with Crippen LogP contribution in [0.2, 0.25) is 0 Å². The molecule has 2 aliphatic rings. The van der Waals surface area contributed by atoms with Gasteiger partial charge in [-0.3, -0.25) is 0 Å². The number of fused-ring (bicyclic) bond motifs is 1. The number of ether oxygens (including phenoxy) is 1. The first-order chi connectivity index (χ1) is 9.15. The number of sulfonamides is 1. The predicted molar refractivity (Wildman–Crippen MR) is 75.6 cm³/mol. The summed E-state index contributed by atoms with van der Waals surface area (Å²) in [6, 6.07) is 0.0821. The van der Waals surface area contributed by atoms with Crippen molar-refractivity contribution in [3.05, 3.63) is 0 Å². The van der Waals surface area contributed by atoms with Crippen molar-refractivity contribution in [2.75, 3.05) is 32.0 Å². The molecule has 6 heteroatoms. The molecule has 19 heavy (non-hydrogen) atoms. The Bertz CT molecular complexity index is 370. The molecular weight excluding hydrogens is 264 g/mol. The molecule has 2 rings (SSSR count). The highest BCUT2D eigenvalue weighted by Crippen LogP contribution is 2.30. The fourth-order valence-corrected chi connectivity index (χ4v) is 4.67. The zero-order valence-corrected chi connectivity index (χ0v) is 12.6. The Morgan fingerprint density at radius 1 is 1.26 bits per heavy atom. The third kappa shape index (κ3) is 3.90. The van der Waals surface area contributed by atoms with Gasteiger partial charge in [-0.15, -0.1) is 0 Å². The van der Waals surface area contributed by atoms with Crippen LogP contribution in [0.15, 0.2) is 0 Å². The number of morpholine rings is 1. The summed E-state index contributed by atoms with van der Waals surface area (Å²) in [6.45, 7) is 4.58. The SMILES string of the molecule is CCCNCCS(=O)(=O)N1CCOC2CCCCC21. The highest BCUT2D eigenvalue weighted by atomic mass is 32.2. The number of rotatable bonds is 6. The molecule has 2 atom stereocenters. The van der Waals surface area contributed by atoms with Crippen molar-refractivity contribution >= 4 is 10.0 Å². The summed E-state index contributed by atoms with van der Waals surface area (Å²) in [5.74, 6) is 0.205. The van der Waals surface area contributed by atoms with Crippen LogP contribution in [0.3, 0.4) is 0 Å². The van der Waals surface area contributed by atoms with Crippen LogP contribution in [-0.2, 0) is 14.8 Å². The predicted octanol–water partition coefficient (Wildman–Crippen LogP) is 0.959. The average Bonchev–Trinajstić information content (AvgIpc) is 2.43. The zero-order chi connectivity index (χ0) is 13.7. The van der Waals surface area contributed by atoms with Crippen molar-refractivity contribution < 1.29 is 13.2 Å². The van der Waals surface area contributed by atoms with E-state index in [1.807, 2.05) is 0 Å². The van der Waals surface area contributed by atoms with E-state index in [-0.39, 0.29) is 17.9 Å². The smallest absolute Gasteiger partial charge is 0.215 e. The molecule has 0 bridgehead atoms. The first kappa shape index (κ1) is 15.2. The van der Waals surface area contributed by atoms with E-state index in [9.17, 15) is 8.42 Å². The molecule has 1 aliphatic heterocycles. The average molecular weight is 290 g/mol. The molecule has 0 radical (unpaired) electrons. The normalized spacial score (nSPS) is 29.1. The van der Waals surface area contributed by atoms with E-state index in [0.717, 1.165) is 38.6 Å². The van der Waals surface area contributed by atoms with E-state index in [1.165, 1.54) is 0 Å². The molecule has 112 valence electrons. The highest BCUT2D eigenvalue weighted by Gasteiger charge is 2.39. The monoisotopic (exact) mass is 290 g/mol. The van der Waals surface area contributed by atoms with Gasteiger partial charge in [0.2, 0.25) is 10.0 Å². The summed E-state index contributed by atoms with van der Waals surface area (Å²) >= 11 is 0. The lowest BCUT2D eigenvalue weighted by molar-refractivity contribution is -0.0585. The van der Waals surface area contributed by atoms with E-state index in [2.05, 4.69) is 12.2 Å². The van der Waals surface area contributed by atoms with Crippen molar-refractivity contribution in [2.45, 2.75) is 51.2 Å². The summed E-state index contributed by atoms with van der Waals surface area (Å²) in [5.41, 5.74) is 0. The van der Waals surface area contributed by atoms with Crippen LogP contribution in [0.25, 0.3) is 0 Å². The second-order valence-corrected chi connectivity index (χ2v) is 7.48. The van der Waals surface area contributed by atoms with Crippen molar-refractivity contribution in [3.63, 3.8) is 0 Å². The summed E-state index contributed by atoms with van der Waals surface area (Å²) in [7, 11) is -3.14. The molecular formula is C13H26N2O3S. The first-order valence-corrected chi connectivity index (χ1v) is 9.08. The Hall–Kier alpha value is -0.170. The molecule has 1 N–H and O–H groups in total. The minimum absolute atomic E-state index is 0.0821. The van der Waals surface area contributed by atoms with Gasteiger partial charge in [0.05, 0.1) is 24.5 Å². The molecule has 1 saturated heterocycles. The third-order valence-electron chi connectivity index (χ3n) is 4.00. The zero-order valence-electron chi connectivity index (χ0n) is 11.8. The van der Waals surface area contributed by atoms with Crippen LogP contribution in [0, 0.1) is 0 Å². The van der Waals surface area contributed by atoms with Gasteiger partial charge in [0.1, 0.15) is 0 Å². The Balaban J connectivity index is 1.93. The molecule has 2 unspecified atom stereocenters. The van der Waals surface area contributed by atoms with E-state index in [0.29, 0.717) is 19.7 Å². The molecule has 0 aromatic heterocycles. The summed E-state index contributed by atoms with van der Waals surface area (Å²) < 4.78 is 32.3. The molecule has 2 fully saturated rings. The second-order valence-electron chi connectivity index (χ2n) is 5.44. The number of hydrogen-bond donors (Lipinski definition) is 1. The molecule has 0 aromatic carbocycles. The minimum Gasteiger partial charge on any atom is -0.375 e. The van der Waals surface area contributed by atoms with Gasteiger partial charge in [-0.05, 0) is 25.8 Å². The lowest BCUT2D eigenvalue weighted by atomic mass is 9.91. The quantitative estimate of drug-likeness (QED) is 0.740. The summed E-state index contributed by atoms with van der Waals surface area (Å²) in [6.07, 6.45) is 5.39. The molecule has 0 amide bonds. The lowest BCUT2D eigenvalue weighted by Crippen LogP contribution is -2.55. The van der Waals surface area contributed by atoms with Gasteiger partial charge in [-0.25, -0.2) is 8.42 Å². The number of nitrogens with zero attached hydrogens (tertiary/aromatic N) is 1. The first-order valence-electron chi connectivity index (χ1n) is 7.47. The van der Waals surface area contributed by atoms with Crippen LogP contribution in [-0.4, -0.2) is 56.9 Å². The molecule has 1 heterocycles. The van der Waals surface area contributed by atoms with Crippen LogP contribution in [0.4, 0.5) is 0 Å². The van der Waals surface area contributed by atoms with Gasteiger partial charge in [-0.2, -0.15) is 4.31 Å². The van der Waals surface area contributed by atoms with Gasteiger partial charge >= 0.3 is 0 Å². The van der Waals surface area contributed by atoms with Crippen LogP contribution in [0.5, 0.6) is 0 Å². The van der Waals surface area contributed by atoms with E-state index >= 15 is 0 Å². The van der Waals surface area contributed by atoms with Crippen molar-refractivity contribution in [1.29, 1.82) is 0 Å². The minimum atomic E-state index is -3.14. The highest BCUT2D eigenvalue weighted by molar-refractivity contribution is 7.89. The standard InChI is InChI=1S/C13H26N2O3S/c1-2-7-14-8-11-19(16,17)15-9-10-18-13-6-4-3-5-12(13)15/h12-14H,2-11H2,1H3. The van der Waals surface area contributed by atoms with Gasteiger partial charge < -0.3 is 10.1 Å². The van der Waals surface area contributed by atoms with Crippen molar-refractivity contribution in [3.8, 4) is 0 Å². The maximum absolute atomic E-state index is 12.4. The summed E-state index contributed by atoms with van der Waals surface area (Å²) in [5, 5.41) is 3.17. The number of hydrogen-bond acceptors (Lipinski definition) is 4. The molecule has 5 nitrogen and oxygen atoms in total. The fraction of sp³-hybridized carbons (Fsp3) is 1.00. The Kier molecular flexibility index (Phi) is 5.62. The topological polar surface area (TPSA) is 58.6 Å². The van der Waals surface area contributed by atoms with Gasteiger partial charge in [-0.1, -0.05) is 19.8 Å². The van der Waals surface area contributed by atoms with E-state index < -0.39 is 10.0 Å². The summed E-state index contributed by atoms with van der Waals surface area (Å²) in [4.78, 5) is 0. The van der Waals surface area contributed by atoms with Gasteiger partial charge in [0.15, 0.2) is 0 Å². The maximum atomic E-state index is 12.4. The van der Waals surface area contributed by atoms with Crippen LogP contribution < -0.4 is 5.32 Å². The Morgan fingerprint density at radius 3 is 2.84 bits per heavy atom. The van der Waals surface area contributed by atoms with E-state index in [4.69, 9.17) is 4.74 Å². The Labute approximate surface area is 116 Å². The molecule has 0 aromatic rings. The van der Waals surface area contributed by atoms with Crippen molar-refractivity contribution in [2.24, 2.45) is 0 Å². The molecule has 1 saturated carbocycles. The fourth-order valence-electron chi connectivity index (χ4n) is 3.03. The van der Waals surface area contributed by atoms with Gasteiger partial charge in [0.25, 0.3) is 0 Å². The molecule has 0 spiro atoms. The van der Waals surface area contributed by atoms with Crippen LogP contribution >= 0.6 is 0 Å². The third-order valence-corrected chi connectivity index (χ3v) is 5.89. The Morgan fingerprint density at radius 2 is 2.05 bits per heavy atom. The van der Waals surface area contributed by atoms with Crippen LogP contribution in [0.1, 0.15) is 39.0 Å². The molecule has 1 aliphatic carbocycles. The van der Waals surface area contributed by atoms with Gasteiger partial charge in [0, 0.05) is 13.1 Å². The largest absolute Gasteiger partial charge is 0.375 e. The number of nitrogens with one attached hydrogen (secondary N) is 1.